The summed E-state index contributed by atoms with van der Waals surface area (Å²) in [6.07, 6.45) is 1.50. The molecule has 0 atom stereocenters. The number of carbonyl (C=O) groups is 1. The highest BCUT2D eigenvalue weighted by atomic mass is 79.9. The maximum atomic E-state index is 13.1. The smallest absolute Gasteiger partial charge is 0.252 e. The molecule has 1 aliphatic heterocycles. The Labute approximate surface area is 187 Å². The summed E-state index contributed by atoms with van der Waals surface area (Å²) in [4.78, 5) is 13.1. The average molecular weight is 473 g/mol. The number of furan rings is 1. The number of fused-ring (bicyclic) bond motifs is 2. The van der Waals surface area contributed by atoms with Gasteiger partial charge in [0.05, 0.1) is 12.1 Å². The lowest BCUT2D eigenvalue weighted by atomic mass is 9.87. The molecule has 0 unspecified atom stereocenters. The van der Waals surface area contributed by atoms with E-state index >= 15 is 0 Å². The van der Waals surface area contributed by atoms with Gasteiger partial charge in [-0.15, -0.1) is 0 Å². The van der Waals surface area contributed by atoms with Crippen molar-refractivity contribution in [2.75, 3.05) is 0 Å². The third-order valence-corrected chi connectivity index (χ3v) is 5.54. The van der Waals surface area contributed by atoms with E-state index in [1.54, 1.807) is 0 Å². The number of para-hydroxylation sites is 2. The van der Waals surface area contributed by atoms with Crippen LogP contribution in [0.25, 0.3) is 11.3 Å². The Morgan fingerprint density at radius 2 is 1.61 bits per heavy atom. The number of hydrogen-bond donors (Lipinski definition) is 1. The number of carbonyl (C=O) groups excluding carboxylic acids is 1. The van der Waals surface area contributed by atoms with E-state index in [1.807, 2.05) is 84.9 Å². The zero-order valence-corrected chi connectivity index (χ0v) is 17.9. The molecule has 5 rings (SSSR count). The van der Waals surface area contributed by atoms with Crippen LogP contribution in [0.3, 0.4) is 0 Å². The molecule has 0 fully saturated rings. The molecule has 6 heteroatoms. The second kappa shape index (κ2) is 8.24. The number of nitrogens with one attached hydrogen (secondary N) is 1. The molecular formula is C25H17BrN2O3. The van der Waals surface area contributed by atoms with Crippen molar-refractivity contribution in [3.8, 4) is 22.8 Å². The van der Waals surface area contributed by atoms with Crippen LogP contribution in [0, 0.1) is 0 Å². The van der Waals surface area contributed by atoms with E-state index in [1.165, 1.54) is 6.21 Å². The van der Waals surface area contributed by atoms with Gasteiger partial charge in [0, 0.05) is 21.2 Å². The first-order valence-corrected chi connectivity index (χ1v) is 10.5. The van der Waals surface area contributed by atoms with Crippen molar-refractivity contribution >= 4 is 28.1 Å². The third-order valence-electron chi connectivity index (χ3n) is 5.04. The maximum Gasteiger partial charge on any atom is 0.252 e. The van der Waals surface area contributed by atoms with Crippen LogP contribution in [0.2, 0.25) is 0 Å². The van der Waals surface area contributed by atoms with E-state index < -0.39 is 5.92 Å². The molecule has 1 aliphatic rings. The van der Waals surface area contributed by atoms with Gasteiger partial charge in [0.25, 0.3) is 5.91 Å². The van der Waals surface area contributed by atoms with Crippen LogP contribution < -0.4 is 10.2 Å². The summed E-state index contributed by atoms with van der Waals surface area (Å²) < 4.78 is 12.7. The Hall–Kier alpha value is -3.64. The predicted molar refractivity (Wildman–Crippen MR) is 122 cm³/mol. The van der Waals surface area contributed by atoms with Crippen molar-refractivity contribution in [1.82, 2.24) is 5.43 Å². The number of benzene rings is 3. The highest BCUT2D eigenvalue weighted by Crippen LogP contribution is 2.43. The van der Waals surface area contributed by atoms with E-state index in [4.69, 9.17) is 9.15 Å². The molecule has 1 aromatic heterocycles. The Bertz CT molecular complexity index is 1250. The summed E-state index contributed by atoms with van der Waals surface area (Å²) in [5, 5.41) is 4.12. The summed E-state index contributed by atoms with van der Waals surface area (Å²) in [6, 6.07) is 26.6. The molecule has 0 bridgehead atoms. The Morgan fingerprint density at radius 3 is 2.32 bits per heavy atom. The first-order valence-electron chi connectivity index (χ1n) is 9.73. The minimum Gasteiger partial charge on any atom is -0.457 e. The number of hydrazone groups is 1. The topological polar surface area (TPSA) is 63.8 Å². The van der Waals surface area contributed by atoms with Crippen LogP contribution in [-0.2, 0) is 4.79 Å². The Balaban J connectivity index is 1.35. The summed E-state index contributed by atoms with van der Waals surface area (Å²) in [5.41, 5.74) is 5.22. The second-order valence-electron chi connectivity index (χ2n) is 7.06. The number of amides is 1. The van der Waals surface area contributed by atoms with E-state index in [0.717, 1.165) is 26.9 Å². The van der Waals surface area contributed by atoms with Crippen molar-refractivity contribution in [3.63, 3.8) is 0 Å². The highest BCUT2D eigenvalue weighted by Gasteiger charge is 2.32. The Kier molecular flexibility index (Phi) is 5.14. The predicted octanol–water partition coefficient (Wildman–Crippen LogP) is 6.10. The molecule has 5 nitrogen and oxygen atoms in total. The summed E-state index contributed by atoms with van der Waals surface area (Å²) >= 11 is 3.46. The maximum absolute atomic E-state index is 13.1. The zero-order valence-electron chi connectivity index (χ0n) is 16.3. The van der Waals surface area contributed by atoms with E-state index in [-0.39, 0.29) is 5.91 Å². The zero-order chi connectivity index (χ0) is 21.2. The Morgan fingerprint density at radius 1 is 0.903 bits per heavy atom. The third kappa shape index (κ3) is 3.90. The van der Waals surface area contributed by atoms with Gasteiger partial charge in [0.2, 0.25) is 0 Å². The summed E-state index contributed by atoms with van der Waals surface area (Å²) in [5.74, 6) is 1.87. The van der Waals surface area contributed by atoms with Gasteiger partial charge in [-0.25, -0.2) is 5.43 Å². The van der Waals surface area contributed by atoms with Gasteiger partial charge in [-0.05, 0) is 36.4 Å². The van der Waals surface area contributed by atoms with Crippen molar-refractivity contribution in [2.45, 2.75) is 5.92 Å². The van der Waals surface area contributed by atoms with Crippen molar-refractivity contribution in [3.05, 3.63) is 106 Å². The molecular weight excluding hydrogens is 456 g/mol. The number of ether oxygens (including phenoxy) is 1. The standard InChI is InChI=1S/C25H17BrN2O3/c26-17-7-5-6-16(14-17)21-13-12-18(30-21)15-27-28-25(29)24-19-8-1-3-10-22(19)31-23-11-4-2-9-20(23)24/h1-15,24H,(H,28,29). The number of rotatable bonds is 4. The van der Waals surface area contributed by atoms with Crippen LogP contribution >= 0.6 is 15.9 Å². The monoisotopic (exact) mass is 472 g/mol. The van der Waals surface area contributed by atoms with Crippen LogP contribution in [0.5, 0.6) is 11.5 Å². The van der Waals surface area contributed by atoms with E-state index in [0.29, 0.717) is 17.3 Å². The number of hydrogen-bond acceptors (Lipinski definition) is 4. The SMILES string of the molecule is O=C(NN=Cc1ccc(-c2cccc(Br)c2)o1)C1c2ccccc2Oc2ccccc21. The molecule has 1 amide bonds. The number of nitrogens with zero attached hydrogens (tertiary/aromatic N) is 1. The lowest BCUT2D eigenvalue weighted by molar-refractivity contribution is -0.121. The van der Waals surface area contributed by atoms with Crippen molar-refractivity contribution in [1.29, 1.82) is 0 Å². The van der Waals surface area contributed by atoms with Gasteiger partial charge in [-0.2, -0.15) is 5.10 Å². The molecule has 0 saturated heterocycles. The highest BCUT2D eigenvalue weighted by molar-refractivity contribution is 9.10. The molecule has 0 saturated carbocycles. The molecule has 152 valence electrons. The van der Waals surface area contributed by atoms with Gasteiger partial charge in [0.15, 0.2) is 0 Å². The van der Waals surface area contributed by atoms with Gasteiger partial charge in [-0.3, -0.25) is 4.79 Å². The molecule has 31 heavy (non-hydrogen) atoms. The molecule has 0 spiro atoms. The molecule has 3 aromatic carbocycles. The summed E-state index contributed by atoms with van der Waals surface area (Å²) in [7, 11) is 0. The van der Waals surface area contributed by atoms with Gasteiger partial charge in [0.1, 0.15) is 23.0 Å². The number of halogens is 1. The minimum atomic E-state index is -0.507. The van der Waals surface area contributed by atoms with Crippen LogP contribution in [0.1, 0.15) is 22.8 Å². The fourth-order valence-electron chi connectivity index (χ4n) is 3.64. The summed E-state index contributed by atoms with van der Waals surface area (Å²) in [6.45, 7) is 0. The van der Waals surface area contributed by atoms with Crippen LogP contribution in [0.4, 0.5) is 0 Å². The van der Waals surface area contributed by atoms with Gasteiger partial charge in [-0.1, -0.05) is 64.5 Å². The van der Waals surface area contributed by atoms with Gasteiger partial charge < -0.3 is 9.15 Å². The molecule has 1 N–H and O–H groups in total. The molecule has 4 aromatic rings. The minimum absolute atomic E-state index is 0.238. The normalized spacial score (nSPS) is 12.8. The fourth-order valence-corrected chi connectivity index (χ4v) is 4.03. The largest absolute Gasteiger partial charge is 0.457 e. The second-order valence-corrected chi connectivity index (χ2v) is 7.97. The first kappa shape index (κ1) is 19.3. The molecule has 2 heterocycles. The van der Waals surface area contributed by atoms with Crippen LogP contribution in [0.15, 0.2) is 98.9 Å². The fraction of sp³-hybridized carbons (Fsp3) is 0.0400. The quantitative estimate of drug-likeness (QED) is 0.288. The lowest BCUT2D eigenvalue weighted by Crippen LogP contribution is -2.28. The molecule has 0 aliphatic carbocycles. The van der Waals surface area contributed by atoms with E-state index in [2.05, 4.69) is 26.5 Å². The van der Waals surface area contributed by atoms with Gasteiger partial charge >= 0.3 is 0 Å². The molecule has 0 radical (unpaired) electrons. The van der Waals surface area contributed by atoms with E-state index in [9.17, 15) is 4.79 Å². The first-order chi connectivity index (χ1) is 15.2. The van der Waals surface area contributed by atoms with Crippen LogP contribution in [-0.4, -0.2) is 12.1 Å². The lowest BCUT2D eigenvalue weighted by Gasteiger charge is -2.26. The van der Waals surface area contributed by atoms with Crippen molar-refractivity contribution < 1.29 is 13.9 Å². The van der Waals surface area contributed by atoms with Crippen molar-refractivity contribution in [2.24, 2.45) is 5.10 Å². The average Bonchev–Trinajstić information content (AvgIpc) is 3.26.